The molecule has 7 nitrogen and oxygen atoms in total. The van der Waals surface area contributed by atoms with E-state index >= 15 is 0 Å². The lowest BCUT2D eigenvalue weighted by molar-refractivity contribution is 0.179. The van der Waals surface area contributed by atoms with Gasteiger partial charge in [-0.2, -0.15) is 5.10 Å². The lowest BCUT2D eigenvalue weighted by atomic mass is 10.1. The Hall–Kier alpha value is -3.22. The molecule has 0 aliphatic carbocycles. The first-order chi connectivity index (χ1) is 14.2. The first-order valence-electron chi connectivity index (χ1n) is 9.65. The fraction of sp³-hybridized carbons (Fsp3) is 0.364. The van der Waals surface area contributed by atoms with Gasteiger partial charge >= 0.3 is 0 Å². The molecule has 1 aromatic heterocycles. The van der Waals surface area contributed by atoms with Crippen molar-refractivity contribution in [2.24, 2.45) is 0 Å². The van der Waals surface area contributed by atoms with E-state index in [4.69, 9.17) is 18.9 Å². The van der Waals surface area contributed by atoms with Crippen LogP contribution in [0.15, 0.2) is 42.6 Å². The van der Waals surface area contributed by atoms with E-state index in [9.17, 15) is 0 Å². The van der Waals surface area contributed by atoms with Crippen LogP contribution in [0.25, 0.3) is 10.8 Å². The zero-order chi connectivity index (χ0) is 20.2. The van der Waals surface area contributed by atoms with Crippen LogP contribution in [-0.4, -0.2) is 50.7 Å². The summed E-state index contributed by atoms with van der Waals surface area (Å²) in [6.45, 7) is 1.65. The number of piperidine rings is 1. The van der Waals surface area contributed by atoms with Gasteiger partial charge in [-0.25, -0.2) is 0 Å². The molecule has 1 atom stereocenters. The van der Waals surface area contributed by atoms with Crippen molar-refractivity contribution in [3.63, 3.8) is 0 Å². The number of hydrogen-bond acceptors (Lipinski definition) is 7. The molecule has 0 N–H and O–H groups in total. The monoisotopic (exact) mass is 395 g/mol. The highest BCUT2D eigenvalue weighted by Gasteiger charge is 2.24. The molecule has 3 aromatic rings. The third-order valence-electron chi connectivity index (χ3n) is 5.19. The Balaban J connectivity index is 1.58. The SMILES string of the molecule is COc1ccc(OC2CCCN(c3nncc4cc(OC)c(OC)cc34)C2)cc1. The number of hydrogen-bond donors (Lipinski definition) is 0. The van der Waals surface area contributed by atoms with Gasteiger partial charge < -0.3 is 23.8 Å². The zero-order valence-electron chi connectivity index (χ0n) is 16.9. The Labute approximate surface area is 170 Å². The number of methoxy groups -OCH3 is 3. The van der Waals surface area contributed by atoms with Gasteiger partial charge in [-0.1, -0.05) is 0 Å². The molecular weight excluding hydrogens is 370 g/mol. The highest BCUT2D eigenvalue weighted by molar-refractivity contribution is 5.94. The van der Waals surface area contributed by atoms with Crippen LogP contribution in [0, 0.1) is 0 Å². The number of anilines is 1. The minimum absolute atomic E-state index is 0.0781. The average molecular weight is 395 g/mol. The summed E-state index contributed by atoms with van der Waals surface area (Å²) in [5.74, 6) is 3.85. The second-order valence-electron chi connectivity index (χ2n) is 6.97. The van der Waals surface area contributed by atoms with Crippen molar-refractivity contribution in [2.75, 3.05) is 39.3 Å². The summed E-state index contributed by atoms with van der Waals surface area (Å²) in [4.78, 5) is 2.24. The Morgan fingerprint density at radius 1 is 0.931 bits per heavy atom. The molecule has 0 saturated carbocycles. The molecule has 1 aliphatic rings. The molecule has 7 heteroatoms. The number of aromatic nitrogens is 2. The van der Waals surface area contributed by atoms with Crippen molar-refractivity contribution in [3.8, 4) is 23.0 Å². The van der Waals surface area contributed by atoms with Gasteiger partial charge in [0.05, 0.1) is 34.1 Å². The van der Waals surface area contributed by atoms with Crippen molar-refractivity contribution in [1.82, 2.24) is 10.2 Å². The number of rotatable bonds is 6. The molecule has 152 valence electrons. The molecular formula is C22H25N3O4. The van der Waals surface area contributed by atoms with Gasteiger partial charge in [-0.3, -0.25) is 0 Å². The molecule has 2 heterocycles. The Morgan fingerprint density at radius 2 is 1.66 bits per heavy atom. The van der Waals surface area contributed by atoms with Crippen molar-refractivity contribution in [3.05, 3.63) is 42.6 Å². The number of nitrogens with zero attached hydrogens (tertiary/aromatic N) is 3. The molecule has 1 fully saturated rings. The van der Waals surface area contributed by atoms with Crippen molar-refractivity contribution in [1.29, 1.82) is 0 Å². The molecule has 1 aliphatic heterocycles. The summed E-state index contributed by atoms with van der Waals surface area (Å²) >= 11 is 0. The van der Waals surface area contributed by atoms with E-state index in [0.717, 1.165) is 54.0 Å². The van der Waals surface area contributed by atoms with E-state index in [2.05, 4.69) is 15.1 Å². The van der Waals surface area contributed by atoms with Crippen LogP contribution in [0.2, 0.25) is 0 Å². The maximum absolute atomic E-state index is 6.21. The predicted molar refractivity (Wildman–Crippen MR) is 111 cm³/mol. The second kappa shape index (κ2) is 8.43. The van der Waals surface area contributed by atoms with Gasteiger partial charge in [-0.15, -0.1) is 5.10 Å². The fourth-order valence-corrected chi connectivity index (χ4v) is 3.70. The maximum atomic E-state index is 6.21. The van der Waals surface area contributed by atoms with Gasteiger partial charge in [0.1, 0.15) is 17.6 Å². The first-order valence-corrected chi connectivity index (χ1v) is 9.65. The maximum Gasteiger partial charge on any atom is 0.161 e. The summed E-state index contributed by atoms with van der Waals surface area (Å²) in [5, 5.41) is 10.6. The second-order valence-corrected chi connectivity index (χ2v) is 6.97. The van der Waals surface area contributed by atoms with Gasteiger partial charge in [0.15, 0.2) is 17.3 Å². The first kappa shape index (κ1) is 19.1. The number of ether oxygens (including phenoxy) is 4. The molecule has 29 heavy (non-hydrogen) atoms. The molecule has 1 unspecified atom stereocenters. The summed E-state index contributed by atoms with van der Waals surface area (Å²) in [5.41, 5.74) is 0. The molecule has 1 saturated heterocycles. The summed E-state index contributed by atoms with van der Waals surface area (Å²) in [6, 6.07) is 11.6. The van der Waals surface area contributed by atoms with Gasteiger partial charge in [0, 0.05) is 17.3 Å². The van der Waals surface area contributed by atoms with Crippen LogP contribution in [0.5, 0.6) is 23.0 Å². The van der Waals surface area contributed by atoms with E-state index in [1.807, 2.05) is 36.4 Å². The van der Waals surface area contributed by atoms with Crippen LogP contribution in [0.1, 0.15) is 12.8 Å². The Morgan fingerprint density at radius 3 is 2.38 bits per heavy atom. The van der Waals surface area contributed by atoms with Crippen LogP contribution >= 0.6 is 0 Å². The zero-order valence-corrected chi connectivity index (χ0v) is 16.9. The molecule has 0 radical (unpaired) electrons. The third kappa shape index (κ3) is 3.99. The number of benzene rings is 2. The minimum atomic E-state index is 0.0781. The highest BCUT2D eigenvalue weighted by atomic mass is 16.5. The molecule has 2 aromatic carbocycles. The summed E-state index contributed by atoms with van der Waals surface area (Å²) < 4.78 is 22.3. The Kier molecular flexibility index (Phi) is 5.55. The standard InChI is InChI=1S/C22H25N3O4/c1-26-16-6-8-17(9-7-16)29-18-5-4-10-25(14-18)22-19-12-21(28-3)20(27-2)11-15(19)13-23-24-22/h6-9,11-13,18H,4-5,10,14H2,1-3H3. The molecule has 4 rings (SSSR count). The van der Waals surface area contributed by atoms with Gasteiger partial charge in [-0.05, 0) is 49.2 Å². The van der Waals surface area contributed by atoms with E-state index in [0.29, 0.717) is 11.5 Å². The summed E-state index contributed by atoms with van der Waals surface area (Å²) in [7, 11) is 4.92. The molecule has 0 spiro atoms. The van der Waals surface area contributed by atoms with E-state index in [1.54, 1.807) is 27.5 Å². The van der Waals surface area contributed by atoms with Crippen LogP contribution in [0.4, 0.5) is 5.82 Å². The molecule has 0 amide bonds. The van der Waals surface area contributed by atoms with Crippen molar-refractivity contribution < 1.29 is 18.9 Å². The van der Waals surface area contributed by atoms with Gasteiger partial charge in [0.2, 0.25) is 0 Å². The highest BCUT2D eigenvalue weighted by Crippen LogP contribution is 2.36. The van der Waals surface area contributed by atoms with E-state index < -0.39 is 0 Å². The van der Waals surface area contributed by atoms with Crippen molar-refractivity contribution in [2.45, 2.75) is 18.9 Å². The largest absolute Gasteiger partial charge is 0.497 e. The Bertz CT molecular complexity index is 978. The van der Waals surface area contributed by atoms with E-state index in [1.165, 1.54) is 0 Å². The lowest BCUT2D eigenvalue weighted by Gasteiger charge is -2.34. The van der Waals surface area contributed by atoms with Gasteiger partial charge in [0.25, 0.3) is 0 Å². The third-order valence-corrected chi connectivity index (χ3v) is 5.19. The quantitative estimate of drug-likeness (QED) is 0.630. The number of fused-ring (bicyclic) bond motifs is 1. The normalized spacial score (nSPS) is 16.5. The fourth-order valence-electron chi connectivity index (χ4n) is 3.70. The van der Waals surface area contributed by atoms with Crippen molar-refractivity contribution >= 4 is 16.6 Å². The topological polar surface area (TPSA) is 65.9 Å². The minimum Gasteiger partial charge on any atom is -0.497 e. The predicted octanol–water partition coefficient (Wildman–Crippen LogP) is 3.70. The van der Waals surface area contributed by atoms with Crippen LogP contribution in [-0.2, 0) is 0 Å². The molecule has 0 bridgehead atoms. The smallest absolute Gasteiger partial charge is 0.161 e. The average Bonchev–Trinajstić information content (AvgIpc) is 2.78. The van der Waals surface area contributed by atoms with Crippen LogP contribution < -0.4 is 23.8 Å². The summed E-state index contributed by atoms with van der Waals surface area (Å²) in [6.07, 6.45) is 3.84. The van der Waals surface area contributed by atoms with E-state index in [-0.39, 0.29) is 6.10 Å². The lowest BCUT2D eigenvalue weighted by Crippen LogP contribution is -2.41. The van der Waals surface area contributed by atoms with Crippen LogP contribution in [0.3, 0.4) is 0 Å².